The van der Waals surface area contributed by atoms with Crippen LogP contribution in [0.1, 0.15) is 16.1 Å². The largest absolute Gasteiger partial charge is 0.489 e. The summed E-state index contributed by atoms with van der Waals surface area (Å²) in [4.78, 5) is 21.4. The quantitative estimate of drug-likeness (QED) is 0.368. The minimum atomic E-state index is -0.558. The molecule has 2 aromatic rings. The highest BCUT2D eigenvalue weighted by atomic mass is 16.6. The Hall–Kier alpha value is -2.87. The van der Waals surface area contributed by atoms with Gasteiger partial charge in [-0.25, -0.2) is 5.84 Å². The van der Waals surface area contributed by atoms with Crippen LogP contribution in [0.15, 0.2) is 41.0 Å². The molecule has 1 amide bonds. The predicted molar refractivity (Wildman–Crippen MR) is 67.8 cm³/mol. The van der Waals surface area contributed by atoms with E-state index in [1.54, 1.807) is 6.07 Å². The summed E-state index contributed by atoms with van der Waals surface area (Å²) in [5.41, 5.74) is 2.46. The molecule has 8 nitrogen and oxygen atoms in total. The lowest BCUT2D eigenvalue weighted by Crippen LogP contribution is -2.30. The molecule has 0 unspecified atom stereocenters. The molecule has 0 bridgehead atoms. The fourth-order valence-electron chi connectivity index (χ4n) is 1.54. The number of hydrogen-bond acceptors (Lipinski definition) is 6. The monoisotopic (exact) mass is 277 g/mol. The van der Waals surface area contributed by atoms with Gasteiger partial charge in [0.05, 0.1) is 11.2 Å². The molecule has 1 heterocycles. The molecule has 0 saturated heterocycles. The fraction of sp³-hybridized carbons (Fsp3) is 0.0833. The highest BCUT2D eigenvalue weighted by Gasteiger charge is 2.14. The van der Waals surface area contributed by atoms with E-state index >= 15 is 0 Å². The molecule has 1 aromatic carbocycles. The van der Waals surface area contributed by atoms with Gasteiger partial charge in [-0.2, -0.15) is 0 Å². The van der Waals surface area contributed by atoms with Crippen LogP contribution in [0, 0.1) is 10.1 Å². The van der Waals surface area contributed by atoms with Gasteiger partial charge < -0.3 is 9.15 Å². The third-order valence-corrected chi connectivity index (χ3v) is 2.53. The summed E-state index contributed by atoms with van der Waals surface area (Å²) in [6, 6.07) is 7.19. The van der Waals surface area contributed by atoms with Gasteiger partial charge in [-0.1, -0.05) is 0 Å². The highest BCUT2D eigenvalue weighted by molar-refractivity contribution is 5.92. The van der Waals surface area contributed by atoms with E-state index in [0.29, 0.717) is 11.3 Å². The zero-order chi connectivity index (χ0) is 14.5. The fourth-order valence-corrected chi connectivity index (χ4v) is 1.54. The highest BCUT2D eigenvalue weighted by Crippen LogP contribution is 2.19. The predicted octanol–water partition coefficient (Wildman–Crippen LogP) is 1.37. The van der Waals surface area contributed by atoms with Crippen LogP contribution in [0.25, 0.3) is 0 Å². The van der Waals surface area contributed by atoms with Crippen LogP contribution >= 0.6 is 0 Å². The number of ether oxygens (including phenoxy) is 1. The van der Waals surface area contributed by atoms with Crippen molar-refractivity contribution in [1.29, 1.82) is 0 Å². The van der Waals surface area contributed by atoms with Crippen LogP contribution in [0.2, 0.25) is 0 Å². The maximum Gasteiger partial charge on any atom is 0.301 e. The van der Waals surface area contributed by atoms with E-state index in [4.69, 9.17) is 15.0 Å². The number of carbonyl (C=O) groups is 1. The zero-order valence-electron chi connectivity index (χ0n) is 10.2. The van der Waals surface area contributed by atoms with Gasteiger partial charge >= 0.3 is 5.91 Å². The van der Waals surface area contributed by atoms with Gasteiger partial charge in [0.25, 0.3) is 5.69 Å². The third-order valence-electron chi connectivity index (χ3n) is 2.53. The maximum absolute atomic E-state index is 11.4. The minimum Gasteiger partial charge on any atom is -0.489 e. The molecular formula is C12H11N3O5. The summed E-state index contributed by atoms with van der Waals surface area (Å²) in [5, 5.41) is 10.5. The summed E-state index contributed by atoms with van der Waals surface area (Å²) in [5.74, 6) is 4.97. The molecule has 3 N–H and O–H groups in total. The van der Waals surface area contributed by atoms with Crippen molar-refractivity contribution in [3.63, 3.8) is 0 Å². The van der Waals surface area contributed by atoms with Crippen LogP contribution in [0.3, 0.4) is 0 Å². The summed E-state index contributed by atoms with van der Waals surface area (Å²) in [6.07, 6.45) is 1.35. The Morgan fingerprint density at radius 3 is 2.65 bits per heavy atom. The van der Waals surface area contributed by atoms with Crippen molar-refractivity contribution in [3.05, 3.63) is 58.0 Å². The van der Waals surface area contributed by atoms with E-state index < -0.39 is 10.8 Å². The van der Waals surface area contributed by atoms with Gasteiger partial charge in [0.15, 0.2) is 5.76 Å². The third kappa shape index (κ3) is 2.93. The zero-order valence-corrected chi connectivity index (χ0v) is 10.2. The van der Waals surface area contributed by atoms with Crippen molar-refractivity contribution in [2.75, 3.05) is 0 Å². The topological polar surface area (TPSA) is 121 Å². The van der Waals surface area contributed by atoms with E-state index in [1.165, 1.54) is 30.5 Å². The Balaban J connectivity index is 2.04. The Morgan fingerprint density at radius 1 is 1.35 bits per heavy atom. The van der Waals surface area contributed by atoms with E-state index in [9.17, 15) is 14.9 Å². The van der Waals surface area contributed by atoms with Crippen LogP contribution in [0.4, 0.5) is 5.69 Å². The normalized spacial score (nSPS) is 10.1. The number of nitro groups is 1. The van der Waals surface area contributed by atoms with E-state index in [-0.39, 0.29) is 18.1 Å². The number of nitrogens with two attached hydrogens (primary N) is 1. The average Bonchev–Trinajstić information content (AvgIpc) is 2.93. The van der Waals surface area contributed by atoms with Gasteiger partial charge in [0.2, 0.25) is 0 Å². The molecule has 0 radical (unpaired) electrons. The molecule has 20 heavy (non-hydrogen) atoms. The number of nitrogens with one attached hydrogen (secondary N) is 1. The summed E-state index contributed by atoms with van der Waals surface area (Å²) in [6.45, 7) is 0.0804. The molecule has 0 aliphatic rings. The lowest BCUT2D eigenvalue weighted by molar-refractivity contribution is -0.384. The second kappa shape index (κ2) is 5.85. The van der Waals surface area contributed by atoms with Crippen molar-refractivity contribution in [1.82, 2.24) is 5.43 Å². The van der Waals surface area contributed by atoms with E-state index in [1.807, 2.05) is 5.43 Å². The Labute approximate surface area is 113 Å². The second-order valence-corrected chi connectivity index (χ2v) is 3.79. The number of nitrogens with zero attached hydrogens (tertiary/aromatic N) is 1. The first-order chi connectivity index (χ1) is 9.61. The van der Waals surface area contributed by atoms with Crippen LogP contribution in [0.5, 0.6) is 5.75 Å². The molecule has 104 valence electrons. The maximum atomic E-state index is 11.4. The Morgan fingerprint density at radius 2 is 2.05 bits per heavy atom. The number of amides is 1. The molecule has 0 spiro atoms. The molecule has 0 saturated carbocycles. The number of non-ortho nitro benzene ring substituents is 1. The summed E-state index contributed by atoms with van der Waals surface area (Å²) >= 11 is 0. The van der Waals surface area contributed by atoms with Crippen molar-refractivity contribution < 1.29 is 18.9 Å². The lowest BCUT2D eigenvalue weighted by atomic mass is 10.2. The van der Waals surface area contributed by atoms with Crippen molar-refractivity contribution >= 4 is 11.6 Å². The molecule has 8 heteroatoms. The SMILES string of the molecule is NNC(=O)c1occc1COc1ccc([N+](=O)[O-])cc1. The van der Waals surface area contributed by atoms with Crippen molar-refractivity contribution in [2.24, 2.45) is 5.84 Å². The molecule has 2 rings (SSSR count). The molecule has 1 aromatic heterocycles. The standard InChI is InChI=1S/C12H11N3O5/c13-14-12(16)11-8(5-6-19-11)7-20-10-3-1-9(2-4-10)15(17)18/h1-6H,7,13H2,(H,14,16). The number of benzene rings is 1. The molecule has 0 atom stereocenters. The Bertz CT molecular complexity index is 620. The smallest absolute Gasteiger partial charge is 0.301 e. The van der Waals surface area contributed by atoms with E-state index in [2.05, 4.69) is 0 Å². The molecule has 0 aliphatic carbocycles. The van der Waals surface area contributed by atoms with Gasteiger partial charge in [-0.3, -0.25) is 20.3 Å². The Kier molecular flexibility index (Phi) is 3.96. The number of hydrogen-bond donors (Lipinski definition) is 2. The number of hydrazine groups is 1. The number of rotatable bonds is 5. The van der Waals surface area contributed by atoms with Gasteiger partial charge in [0.1, 0.15) is 12.4 Å². The second-order valence-electron chi connectivity index (χ2n) is 3.79. The van der Waals surface area contributed by atoms with Crippen molar-refractivity contribution in [3.8, 4) is 5.75 Å². The van der Waals surface area contributed by atoms with Crippen LogP contribution in [-0.4, -0.2) is 10.8 Å². The van der Waals surface area contributed by atoms with Crippen LogP contribution < -0.4 is 16.0 Å². The number of nitro benzene ring substituents is 1. The summed E-state index contributed by atoms with van der Waals surface area (Å²) < 4.78 is 10.4. The first kappa shape index (κ1) is 13.6. The average molecular weight is 277 g/mol. The summed E-state index contributed by atoms with van der Waals surface area (Å²) in [7, 11) is 0. The number of furan rings is 1. The van der Waals surface area contributed by atoms with Gasteiger partial charge in [-0.15, -0.1) is 0 Å². The first-order valence-electron chi connectivity index (χ1n) is 5.56. The molecule has 0 aliphatic heterocycles. The number of carbonyl (C=O) groups excluding carboxylic acids is 1. The van der Waals surface area contributed by atoms with Crippen molar-refractivity contribution in [2.45, 2.75) is 6.61 Å². The number of nitrogen functional groups attached to an aromatic ring is 1. The van der Waals surface area contributed by atoms with Gasteiger partial charge in [0, 0.05) is 17.7 Å². The lowest BCUT2D eigenvalue weighted by Gasteiger charge is -2.05. The van der Waals surface area contributed by atoms with E-state index in [0.717, 1.165) is 0 Å². The van der Waals surface area contributed by atoms with Crippen LogP contribution in [-0.2, 0) is 6.61 Å². The first-order valence-corrected chi connectivity index (χ1v) is 5.56. The molecular weight excluding hydrogens is 266 g/mol. The molecule has 0 fully saturated rings. The van der Waals surface area contributed by atoms with Gasteiger partial charge in [-0.05, 0) is 18.2 Å². The minimum absolute atomic E-state index is 0.0242.